The zero-order chi connectivity index (χ0) is 15.4. The van der Waals surface area contributed by atoms with E-state index in [1.165, 1.54) is 41.6 Å². The average Bonchev–Trinajstić information content (AvgIpc) is 2.46. The number of rotatable bonds is 4. The first kappa shape index (κ1) is 16.9. The van der Waals surface area contributed by atoms with E-state index in [0.29, 0.717) is 0 Å². The molecule has 0 aliphatic heterocycles. The average molecular weight is 306 g/mol. The molecule has 0 spiro atoms. The molecule has 8 heteroatoms. The Balaban J connectivity index is 0.00000242. The molecular formula is C14H11FN2O5. The lowest BCUT2D eigenvalue weighted by atomic mass is 10.0. The molecule has 0 atom stereocenters. The van der Waals surface area contributed by atoms with E-state index in [9.17, 15) is 18.9 Å². The third kappa shape index (κ3) is 3.49. The van der Waals surface area contributed by atoms with Crippen molar-refractivity contribution >= 4 is 23.3 Å². The second-order valence-corrected chi connectivity index (χ2v) is 4.10. The van der Waals surface area contributed by atoms with Crippen LogP contribution in [0.15, 0.2) is 42.5 Å². The molecule has 0 aromatic heterocycles. The Kier molecular flexibility index (Phi) is 5.42. The third-order valence-corrected chi connectivity index (χ3v) is 2.71. The number of carbonyl (C=O) groups is 2. The number of carbonyl (C=O) groups excluding carboxylic acids is 1. The summed E-state index contributed by atoms with van der Waals surface area (Å²) in [6.45, 7) is 0. The predicted octanol–water partition coefficient (Wildman–Crippen LogP) is 1.08. The Morgan fingerprint density at radius 3 is 2.41 bits per heavy atom. The monoisotopic (exact) mass is 306 g/mol. The molecule has 1 amide bonds. The van der Waals surface area contributed by atoms with Crippen molar-refractivity contribution in [1.29, 1.82) is 0 Å². The summed E-state index contributed by atoms with van der Waals surface area (Å²) in [4.78, 5) is 34.1. The number of hydrogen-bond acceptors (Lipinski definition) is 4. The SMILES string of the molecule is O=[NH+]c1cccc(C(=O)O)c1C(=O)Nc1cccc(F)c1.[OH-]. The van der Waals surface area contributed by atoms with Crippen LogP contribution in [-0.2, 0) is 0 Å². The number of anilines is 1. The van der Waals surface area contributed by atoms with Crippen LogP contribution in [0.4, 0.5) is 15.8 Å². The van der Waals surface area contributed by atoms with Gasteiger partial charge in [0, 0.05) is 21.8 Å². The van der Waals surface area contributed by atoms with Gasteiger partial charge in [-0.3, -0.25) is 4.79 Å². The van der Waals surface area contributed by atoms with Crippen molar-refractivity contribution in [2.24, 2.45) is 0 Å². The van der Waals surface area contributed by atoms with Gasteiger partial charge in [-0.05, 0) is 24.3 Å². The molecule has 114 valence electrons. The maximum Gasteiger partial charge on any atom is 0.336 e. The van der Waals surface area contributed by atoms with Gasteiger partial charge in [-0.15, -0.1) is 0 Å². The van der Waals surface area contributed by atoms with Gasteiger partial charge in [0.2, 0.25) is 0 Å². The molecular weight excluding hydrogens is 295 g/mol. The van der Waals surface area contributed by atoms with Gasteiger partial charge in [0.1, 0.15) is 11.4 Å². The minimum absolute atomic E-state index is 0. The number of nitroso groups, excluding NO2 is 1. The van der Waals surface area contributed by atoms with E-state index in [0.717, 1.165) is 6.07 Å². The lowest BCUT2D eigenvalue weighted by Crippen LogP contribution is -2.57. The summed E-state index contributed by atoms with van der Waals surface area (Å²) in [5, 5.41) is 12.9. The largest absolute Gasteiger partial charge is 0.870 e. The van der Waals surface area contributed by atoms with Gasteiger partial charge in [0.05, 0.1) is 5.56 Å². The molecule has 2 aromatic rings. The van der Waals surface area contributed by atoms with Crippen LogP contribution in [0.1, 0.15) is 20.7 Å². The van der Waals surface area contributed by atoms with Crippen molar-refractivity contribution in [2.75, 3.05) is 5.32 Å². The molecule has 0 bridgehead atoms. The van der Waals surface area contributed by atoms with Gasteiger partial charge in [-0.25, -0.2) is 9.18 Å². The Bertz CT molecular complexity index is 733. The maximum absolute atomic E-state index is 13.1. The number of nitrogens with one attached hydrogen (secondary N) is 2. The highest BCUT2D eigenvalue weighted by Gasteiger charge is 2.24. The highest BCUT2D eigenvalue weighted by molar-refractivity contribution is 6.13. The number of benzene rings is 2. The maximum atomic E-state index is 13.1. The first-order valence-corrected chi connectivity index (χ1v) is 5.84. The number of carboxylic acid groups (broad SMARTS) is 1. The second-order valence-electron chi connectivity index (χ2n) is 4.10. The van der Waals surface area contributed by atoms with Crippen LogP contribution in [0.3, 0.4) is 0 Å². The van der Waals surface area contributed by atoms with Crippen LogP contribution in [0.25, 0.3) is 0 Å². The molecule has 7 nitrogen and oxygen atoms in total. The van der Waals surface area contributed by atoms with Crippen molar-refractivity contribution < 1.29 is 29.7 Å². The molecule has 2 rings (SSSR count). The number of aromatic carboxylic acids is 1. The molecule has 0 fully saturated rings. The molecule has 0 saturated carbocycles. The highest BCUT2D eigenvalue weighted by Crippen LogP contribution is 2.19. The van der Waals surface area contributed by atoms with E-state index in [1.54, 1.807) is 0 Å². The first-order chi connectivity index (χ1) is 10.0. The zero-order valence-electron chi connectivity index (χ0n) is 11.0. The van der Waals surface area contributed by atoms with Gasteiger partial charge in [-0.1, -0.05) is 12.1 Å². The summed E-state index contributed by atoms with van der Waals surface area (Å²) in [5.41, 5.74) is -0.671. The van der Waals surface area contributed by atoms with Crippen molar-refractivity contribution in [3.63, 3.8) is 0 Å². The molecule has 22 heavy (non-hydrogen) atoms. The topological polar surface area (TPSA) is 127 Å². The molecule has 0 unspecified atom stereocenters. The standard InChI is InChI=1S/C14H9FN2O4.H2O/c15-8-3-1-4-9(7-8)16-13(18)12-10(14(19)20)5-2-6-11(12)17-21;/h1-7H,(H,16,18)(H,19,20);1H2. The van der Waals surface area contributed by atoms with Crippen LogP contribution in [0, 0.1) is 10.7 Å². The van der Waals surface area contributed by atoms with E-state index < -0.39 is 17.7 Å². The lowest BCUT2D eigenvalue weighted by molar-refractivity contribution is -0.379. The fraction of sp³-hybridized carbons (Fsp3) is 0. The van der Waals surface area contributed by atoms with Crippen molar-refractivity contribution in [3.05, 3.63) is 64.3 Å². The Morgan fingerprint density at radius 1 is 1.14 bits per heavy atom. The van der Waals surface area contributed by atoms with Crippen molar-refractivity contribution in [3.8, 4) is 0 Å². The quantitative estimate of drug-likeness (QED) is 0.778. The normalized spacial score (nSPS) is 9.50. The van der Waals surface area contributed by atoms with Crippen LogP contribution in [-0.4, -0.2) is 22.5 Å². The molecule has 2 aromatic carbocycles. The van der Waals surface area contributed by atoms with Gasteiger partial charge in [0.25, 0.3) is 11.6 Å². The van der Waals surface area contributed by atoms with Crippen LogP contribution >= 0.6 is 0 Å². The molecule has 0 aliphatic carbocycles. The fourth-order valence-corrected chi connectivity index (χ4v) is 1.82. The highest BCUT2D eigenvalue weighted by atomic mass is 19.1. The number of carboxylic acids is 1. The van der Waals surface area contributed by atoms with E-state index in [1.807, 2.05) is 0 Å². The number of amides is 1. The summed E-state index contributed by atoms with van der Waals surface area (Å²) in [7, 11) is 0. The van der Waals surface area contributed by atoms with Gasteiger partial charge in [0.15, 0.2) is 0 Å². The van der Waals surface area contributed by atoms with E-state index >= 15 is 0 Å². The van der Waals surface area contributed by atoms with Crippen LogP contribution < -0.4 is 10.5 Å². The van der Waals surface area contributed by atoms with E-state index in [-0.39, 0.29) is 28.0 Å². The first-order valence-electron chi connectivity index (χ1n) is 5.84. The Labute approximate surface area is 123 Å². The summed E-state index contributed by atoms with van der Waals surface area (Å²) >= 11 is 0. The third-order valence-electron chi connectivity index (χ3n) is 2.71. The minimum Gasteiger partial charge on any atom is -0.870 e. The molecule has 4 N–H and O–H groups in total. The summed E-state index contributed by atoms with van der Waals surface area (Å²) in [6.07, 6.45) is 0. The van der Waals surface area contributed by atoms with Gasteiger partial charge in [-0.2, -0.15) is 0 Å². The van der Waals surface area contributed by atoms with Crippen molar-refractivity contribution in [2.45, 2.75) is 0 Å². The fourth-order valence-electron chi connectivity index (χ4n) is 1.82. The molecule has 0 radical (unpaired) electrons. The zero-order valence-corrected chi connectivity index (χ0v) is 11.0. The number of halogens is 1. The number of hydrogen-bond donors (Lipinski definition) is 3. The van der Waals surface area contributed by atoms with E-state index in [2.05, 4.69) is 5.32 Å². The van der Waals surface area contributed by atoms with Gasteiger partial charge < -0.3 is 15.9 Å². The molecule has 0 heterocycles. The van der Waals surface area contributed by atoms with Crippen LogP contribution in [0.2, 0.25) is 0 Å². The summed E-state index contributed by atoms with van der Waals surface area (Å²) < 4.78 is 13.1. The lowest BCUT2D eigenvalue weighted by Gasteiger charge is -2.07. The Morgan fingerprint density at radius 2 is 1.82 bits per heavy atom. The van der Waals surface area contributed by atoms with Crippen molar-refractivity contribution in [1.82, 2.24) is 0 Å². The van der Waals surface area contributed by atoms with E-state index in [4.69, 9.17) is 5.11 Å². The smallest absolute Gasteiger partial charge is 0.336 e. The molecule has 0 aliphatic rings. The summed E-state index contributed by atoms with van der Waals surface area (Å²) in [5.74, 6) is -2.73. The van der Waals surface area contributed by atoms with Crippen LogP contribution in [0.5, 0.6) is 0 Å². The summed E-state index contributed by atoms with van der Waals surface area (Å²) in [6, 6.07) is 8.92. The second kappa shape index (κ2) is 7.04. The molecule has 0 saturated heterocycles. The predicted molar refractivity (Wildman–Crippen MR) is 73.7 cm³/mol. The van der Waals surface area contributed by atoms with Gasteiger partial charge >= 0.3 is 5.97 Å². The Hall–Kier alpha value is -3.13. The minimum atomic E-state index is -1.35.